The van der Waals surface area contributed by atoms with E-state index in [9.17, 15) is 13.2 Å². The van der Waals surface area contributed by atoms with Gasteiger partial charge in [-0.3, -0.25) is 9.52 Å². The van der Waals surface area contributed by atoms with Gasteiger partial charge in [0.2, 0.25) is 0 Å². The quantitative estimate of drug-likeness (QED) is 0.899. The van der Waals surface area contributed by atoms with Gasteiger partial charge in [-0.1, -0.05) is 22.9 Å². The van der Waals surface area contributed by atoms with Gasteiger partial charge in [0.05, 0.1) is 22.3 Å². The number of aryl methyl sites for hydroxylation is 1. The van der Waals surface area contributed by atoms with Crippen molar-refractivity contribution in [2.45, 2.75) is 11.1 Å². The van der Waals surface area contributed by atoms with Gasteiger partial charge < -0.3 is 4.98 Å². The Labute approximate surface area is 123 Å². The van der Waals surface area contributed by atoms with Crippen LogP contribution in [-0.4, -0.2) is 13.4 Å². The van der Waals surface area contributed by atoms with E-state index in [4.69, 9.17) is 16.9 Å². The number of anilines is 1. The Morgan fingerprint density at radius 3 is 2.65 bits per heavy atom. The van der Waals surface area contributed by atoms with Crippen molar-refractivity contribution in [1.29, 1.82) is 5.26 Å². The van der Waals surface area contributed by atoms with E-state index in [1.54, 1.807) is 0 Å². The molecule has 20 heavy (non-hydrogen) atoms. The lowest BCUT2D eigenvalue weighted by Crippen LogP contribution is -2.13. The number of nitrogens with zero attached hydrogens (tertiary/aromatic N) is 1. The van der Waals surface area contributed by atoms with Crippen LogP contribution < -0.4 is 9.60 Å². The molecule has 1 heterocycles. The normalized spacial score (nSPS) is 11.1. The number of rotatable bonds is 3. The second-order valence-corrected chi connectivity index (χ2v) is 7.11. The Morgan fingerprint density at radius 1 is 1.45 bits per heavy atom. The summed E-state index contributed by atoms with van der Waals surface area (Å²) < 4.78 is 26.5. The molecular weight excluding hydrogens is 322 g/mol. The largest absolute Gasteiger partial charge is 0.315 e. The van der Waals surface area contributed by atoms with E-state index >= 15 is 0 Å². The summed E-state index contributed by atoms with van der Waals surface area (Å²) in [5, 5.41) is 8.82. The third-order valence-electron chi connectivity index (χ3n) is 2.37. The summed E-state index contributed by atoms with van der Waals surface area (Å²) in [5.74, 6) is 0. The van der Waals surface area contributed by atoms with E-state index in [2.05, 4.69) is 9.71 Å². The summed E-state index contributed by atoms with van der Waals surface area (Å²) in [6.07, 6.45) is 0. The number of hydrogen-bond donors (Lipinski definition) is 2. The summed E-state index contributed by atoms with van der Waals surface area (Å²) >= 11 is 6.50. The zero-order valence-corrected chi connectivity index (χ0v) is 12.5. The highest BCUT2D eigenvalue weighted by molar-refractivity contribution is 7.94. The summed E-state index contributed by atoms with van der Waals surface area (Å²) in [4.78, 5) is 13.1. The monoisotopic (exact) mass is 329 g/mol. The van der Waals surface area contributed by atoms with Crippen molar-refractivity contribution in [3.63, 3.8) is 0 Å². The minimum atomic E-state index is -3.90. The molecule has 0 radical (unpaired) electrons. The number of sulfonamides is 1. The Bertz CT molecular complexity index is 862. The maximum atomic E-state index is 12.2. The molecular formula is C11H8ClN3O3S2. The smallest absolute Gasteiger partial charge is 0.306 e. The van der Waals surface area contributed by atoms with Crippen LogP contribution in [0.4, 0.5) is 5.69 Å². The molecule has 0 atom stereocenters. The van der Waals surface area contributed by atoms with Crippen molar-refractivity contribution >= 4 is 38.6 Å². The first kappa shape index (κ1) is 14.6. The highest BCUT2D eigenvalue weighted by Crippen LogP contribution is 2.27. The van der Waals surface area contributed by atoms with Crippen LogP contribution in [0.15, 0.2) is 27.2 Å². The molecule has 2 rings (SSSR count). The zero-order chi connectivity index (χ0) is 14.9. The fourth-order valence-electron chi connectivity index (χ4n) is 1.51. The number of benzene rings is 1. The van der Waals surface area contributed by atoms with Crippen molar-refractivity contribution in [2.75, 3.05) is 4.72 Å². The van der Waals surface area contributed by atoms with Crippen molar-refractivity contribution in [1.82, 2.24) is 4.98 Å². The molecule has 1 aromatic heterocycles. The number of nitriles is 1. The van der Waals surface area contributed by atoms with Crippen molar-refractivity contribution in [3.05, 3.63) is 44.1 Å². The average Bonchev–Trinajstić information content (AvgIpc) is 2.71. The first-order valence-corrected chi connectivity index (χ1v) is 7.93. The molecule has 0 saturated heterocycles. The van der Waals surface area contributed by atoms with Gasteiger partial charge in [0.1, 0.15) is 0 Å². The van der Waals surface area contributed by atoms with Gasteiger partial charge in [-0.25, -0.2) is 8.42 Å². The molecule has 0 aliphatic carbocycles. The maximum absolute atomic E-state index is 12.2. The lowest BCUT2D eigenvalue weighted by atomic mass is 10.2. The maximum Gasteiger partial charge on any atom is 0.306 e. The predicted octanol–water partition coefficient (Wildman–Crippen LogP) is 2.07. The molecule has 0 aliphatic heterocycles. The molecule has 6 nitrogen and oxygen atoms in total. The van der Waals surface area contributed by atoms with E-state index in [1.807, 2.05) is 6.07 Å². The number of halogens is 1. The SMILES string of the molecule is Cc1[nH]c(=O)sc1S(=O)(=O)Nc1ccc(C#N)cc1Cl. The van der Waals surface area contributed by atoms with Crippen molar-refractivity contribution in [3.8, 4) is 6.07 Å². The molecule has 2 N–H and O–H groups in total. The Balaban J connectivity index is 2.41. The molecule has 104 valence electrons. The Hall–Kier alpha value is -1.82. The van der Waals surface area contributed by atoms with Gasteiger partial charge in [-0.05, 0) is 25.1 Å². The molecule has 0 aliphatic rings. The van der Waals surface area contributed by atoms with E-state index in [0.717, 1.165) is 0 Å². The minimum absolute atomic E-state index is 0.0945. The van der Waals surface area contributed by atoms with Crippen LogP contribution in [0.25, 0.3) is 0 Å². The van der Waals surface area contributed by atoms with Gasteiger partial charge in [-0.2, -0.15) is 5.26 Å². The summed E-state index contributed by atoms with van der Waals surface area (Å²) in [6, 6.07) is 6.08. The van der Waals surface area contributed by atoms with E-state index in [-0.39, 0.29) is 20.6 Å². The number of aromatic nitrogens is 1. The van der Waals surface area contributed by atoms with Crippen LogP contribution in [0.1, 0.15) is 11.3 Å². The van der Waals surface area contributed by atoms with Crippen LogP contribution >= 0.6 is 22.9 Å². The molecule has 1 aromatic carbocycles. The fraction of sp³-hybridized carbons (Fsp3) is 0.0909. The van der Waals surface area contributed by atoms with E-state index in [0.29, 0.717) is 16.9 Å². The summed E-state index contributed by atoms with van der Waals surface area (Å²) in [7, 11) is -3.90. The van der Waals surface area contributed by atoms with E-state index < -0.39 is 14.9 Å². The van der Waals surface area contributed by atoms with Crippen LogP contribution in [0.3, 0.4) is 0 Å². The lowest BCUT2D eigenvalue weighted by Gasteiger charge is -2.08. The number of aromatic amines is 1. The van der Waals surface area contributed by atoms with Gasteiger partial charge in [0.15, 0.2) is 4.21 Å². The standard InChI is InChI=1S/C11H8ClN3O3S2/c1-6-10(19-11(16)14-6)20(17,18)15-9-3-2-7(5-13)4-8(9)12/h2-4,15H,1H3,(H,14,16). The lowest BCUT2D eigenvalue weighted by molar-refractivity contribution is 0.602. The molecule has 0 saturated carbocycles. The van der Waals surface area contributed by atoms with E-state index in [1.165, 1.54) is 25.1 Å². The predicted molar refractivity (Wildman–Crippen MR) is 76.7 cm³/mol. The molecule has 0 spiro atoms. The molecule has 0 bridgehead atoms. The molecule has 0 fully saturated rings. The second kappa shape index (κ2) is 5.28. The highest BCUT2D eigenvalue weighted by atomic mass is 35.5. The summed E-state index contributed by atoms with van der Waals surface area (Å²) in [5.41, 5.74) is 0.726. The fourth-order valence-corrected chi connectivity index (χ4v) is 4.17. The van der Waals surface area contributed by atoms with Gasteiger partial charge in [-0.15, -0.1) is 0 Å². The van der Waals surface area contributed by atoms with Crippen LogP contribution in [0.2, 0.25) is 5.02 Å². The van der Waals surface area contributed by atoms with Gasteiger partial charge in [0, 0.05) is 5.69 Å². The van der Waals surface area contributed by atoms with Crippen LogP contribution in [0, 0.1) is 18.3 Å². The number of H-pyrrole nitrogens is 1. The topological polar surface area (TPSA) is 103 Å². The zero-order valence-electron chi connectivity index (χ0n) is 10.1. The number of hydrogen-bond acceptors (Lipinski definition) is 5. The van der Waals surface area contributed by atoms with Crippen LogP contribution in [0.5, 0.6) is 0 Å². The molecule has 9 heteroatoms. The highest BCUT2D eigenvalue weighted by Gasteiger charge is 2.21. The molecule has 0 unspecified atom stereocenters. The number of thiazole rings is 1. The third-order valence-corrected chi connectivity index (χ3v) is 5.65. The first-order chi connectivity index (χ1) is 9.33. The molecule has 0 amide bonds. The number of nitrogens with one attached hydrogen (secondary N) is 2. The Morgan fingerprint density at radius 2 is 2.15 bits per heavy atom. The van der Waals surface area contributed by atoms with Gasteiger partial charge in [0.25, 0.3) is 10.0 Å². The summed E-state index contributed by atoms with van der Waals surface area (Å²) in [6.45, 7) is 1.49. The van der Waals surface area contributed by atoms with Crippen molar-refractivity contribution < 1.29 is 8.42 Å². The van der Waals surface area contributed by atoms with Gasteiger partial charge >= 0.3 is 4.87 Å². The van der Waals surface area contributed by atoms with Crippen molar-refractivity contribution in [2.24, 2.45) is 0 Å². The first-order valence-electron chi connectivity index (χ1n) is 5.25. The Kier molecular flexibility index (Phi) is 3.85. The minimum Gasteiger partial charge on any atom is -0.315 e. The van der Waals surface area contributed by atoms with Crippen LogP contribution in [-0.2, 0) is 10.0 Å². The average molecular weight is 330 g/mol. The molecule has 2 aromatic rings. The third kappa shape index (κ3) is 2.85. The second-order valence-electron chi connectivity index (χ2n) is 3.84.